The predicted octanol–water partition coefficient (Wildman–Crippen LogP) is 18.2. The molecule has 0 fully saturated rings. The number of hydrogen-bond acceptors (Lipinski definition) is 6. The van der Waals surface area contributed by atoms with Gasteiger partial charge in [-0.15, -0.1) is 0 Å². The van der Waals surface area contributed by atoms with Gasteiger partial charge in [-0.05, 0) is 77.0 Å². The average molecular weight is 907 g/mol. The van der Waals surface area contributed by atoms with E-state index in [9.17, 15) is 14.4 Å². The van der Waals surface area contributed by atoms with Crippen LogP contribution in [-0.2, 0) is 28.6 Å². The summed E-state index contributed by atoms with van der Waals surface area (Å²) in [5, 5.41) is 0. The minimum Gasteiger partial charge on any atom is -0.462 e. The maximum absolute atomic E-state index is 12.8. The molecule has 0 unspecified atom stereocenters. The van der Waals surface area contributed by atoms with Crippen LogP contribution in [0.5, 0.6) is 0 Å². The number of ether oxygens (including phenoxy) is 3. The summed E-state index contributed by atoms with van der Waals surface area (Å²) in [5.74, 6) is -0.962. The molecule has 0 heterocycles. The van der Waals surface area contributed by atoms with E-state index in [1.807, 2.05) is 0 Å². The van der Waals surface area contributed by atoms with Crippen molar-refractivity contribution < 1.29 is 28.6 Å². The van der Waals surface area contributed by atoms with E-state index < -0.39 is 6.10 Å². The summed E-state index contributed by atoms with van der Waals surface area (Å²) in [6.07, 6.45) is 67.6. The average Bonchev–Trinajstić information content (AvgIpc) is 3.30. The van der Waals surface area contributed by atoms with Gasteiger partial charge in [-0.3, -0.25) is 14.4 Å². The topological polar surface area (TPSA) is 78.9 Å². The van der Waals surface area contributed by atoms with Gasteiger partial charge in [0, 0.05) is 19.3 Å². The van der Waals surface area contributed by atoms with Crippen molar-refractivity contribution in [1.29, 1.82) is 0 Å². The Morgan fingerprint density at radius 1 is 0.323 bits per heavy atom. The van der Waals surface area contributed by atoms with Gasteiger partial charge in [-0.25, -0.2) is 0 Å². The Hall–Kier alpha value is -3.15. The highest BCUT2D eigenvalue weighted by molar-refractivity contribution is 5.71. The number of carbonyl (C=O) groups excluding carboxylic acids is 3. The summed E-state index contributed by atoms with van der Waals surface area (Å²) in [6.45, 7) is 6.45. The normalized spacial score (nSPS) is 12.6. The van der Waals surface area contributed by atoms with E-state index in [0.717, 1.165) is 89.9 Å². The third-order valence-electron chi connectivity index (χ3n) is 11.7. The maximum atomic E-state index is 12.8. The highest BCUT2D eigenvalue weighted by atomic mass is 16.6. The van der Waals surface area contributed by atoms with Crippen LogP contribution in [-0.4, -0.2) is 37.2 Å². The lowest BCUT2D eigenvalue weighted by molar-refractivity contribution is -0.167. The van der Waals surface area contributed by atoms with Crippen LogP contribution >= 0.6 is 0 Å². The summed E-state index contributed by atoms with van der Waals surface area (Å²) in [5.41, 5.74) is 0. The molecule has 0 rings (SSSR count). The standard InChI is InChI=1S/C59H102O6/c1-4-7-10-13-16-19-22-24-26-28-29-31-32-34-37-40-43-46-49-52-58(61)64-55-56(54-63-57(60)51-48-45-42-39-36-21-18-15-12-9-6-3)65-59(62)53-50-47-44-41-38-35-33-30-27-25-23-20-17-14-11-8-5-2/h8,11,15,17-18,20,25,27,33,35,41,44,56H,4-7,9-10,12-14,16,19,21-24,26,28-32,34,36-40,42-43,45-55H2,1-3H3/b11-8-,18-15-,20-17-,27-25-,35-33-,44-41-/t56-/m1/s1. The highest BCUT2D eigenvalue weighted by Gasteiger charge is 2.19. The van der Waals surface area contributed by atoms with Gasteiger partial charge >= 0.3 is 17.9 Å². The summed E-state index contributed by atoms with van der Waals surface area (Å²) >= 11 is 0. The third kappa shape index (κ3) is 51.7. The molecular weight excluding hydrogens is 805 g/mol. The molecule has 1 atom stereocenters. The first-order chi connectivity index (χ1) is 32.0. The zero-order valence-corrected chi connectivity index (χ0v) is 42.7. The van der Waals surface area contributed by atoms with Crippen LogP contribution in [0.4, 0.5) is 0 Å². The smallest absolute Gasteiger partial charge is 0.306 e. The molecule has 6 nitrogen and oxygen atoms in total. The lowest BCUT2D eigenvalue weighted by atomic mass is 10.0. The van der Waals surface area contributed by atoms with Crippen molar-refractivity contribution in [3.05, 3.63) is 72.9 Å². The SMILES string of the molecule is CC/C=C\C/C=C\C/C=C\C/C=C\C/C=C\CCCC(=O)O[C@H](COC(=O)CCCCCCC/C=C\CCCC)COC(=O)CCCCCCCCCCCCCCCCCCCCC. The summed E-state index contributed by atoms with van der Waals surface area (Å²) < 4.78 is 16.8. The number of unbranched alkanes of at least 4 members (excludes halogenated alkanes) is 26. The van der Waals surface area contributed by atoms with Crippen molar-refractivity contribution in [3.63, 3.8) is 0 Å². The molecule has 65 heavy (non-hydrogen) atoms. The molecule has 0 N–H and O–H groups in total. The van der Waals surface area contributed by atoms with Crippen molar-refractivity contribution >= 4 is 17.9 Å². The van der Waals surface area contributed by atoms with E-state index in [1.54, 1.807) is 0 Å². The largest absolute Gasteiger partial charge is 0.462 e. The number of rotatable bonds is 49. The van der Waals surface area contributed by atoms with E-state index in [4.69, 9.17) is 14.2 Å². The minimum absolute atomic E-state index is 0.0986. The molecule has 0 aliphatic carbocycles. The highest BCUT2D eigenvalue weighted by Crippen LogP contribution is 2.16. The molecule has 0 aliphatic rings. The first-order valence-electron chi connectivity index (χ1n) is 27.4. The van der Waals surface area contributed by atoms with Crippen LogP contribution < -0.4 is 0 Å². The predicted molar refractivity (Wildman–Crippen MR) is 279 cm³/mol. The van der Waals surface area contributed by atoms with E-state index in [0.29, 0.717) is 19.3 Å². The molecule has 0 saturated carbocycles. The Morgan fingerprint density at radius 3 is 1.05 bits per heavy atom. The second kappa shape index (κ2) is 53.5. The van der Waals surface area contributed by atoms with Crippen molar-refractivity contribution in [1.82, 2.24) is 0 Å². The van der Waals surface area contributed by atoms with Gasteiger partial charge < -0.3 is 14.2 Å². The van der Waals surface area contributed by atoms with Crippen molar-refractivity contribution in [2.24, 2.45) is 0 Å². The quantitative estimate of drug-likeness (QED) is 0.0262. The van der Waals surface area contributed by atoms with Gasteiger partial charge in [-0.1, -0.05) is 241 Å². The minimum atomic E-state index is -0.806. The first-order valence-corrected chi connectivity index (χ1v) is 27.4. The van der Waals surface area contributed by atoms with Crippen LogP contribution in [0.15, 0.2) is 72.9 Å². The molecule has 0 radical (unpaired) electrons. The number of carbonyl (C=O) groups is 3. The van der Waals surface area contributed by atoms with Crippen molar-refractivity contribution in [2.45, 2.75) is 271 Å². The summed E-state index contributed by atoms with van der Waals surface area (Å²) in [7, 11) is 0. The molecule has 0 aromatic rings. The fourth-order valence-corrected chi connectivity index (χ4v) is 7.58. The number of hydrogen-bond donors (Lipinski definition) is 0. The summed E-state index contributed by atoms with van der Waals surface area (Å²) in [4.78, 5) is 38.0. The van der Waals surface area contributed by atoms with Crippen LogP contribution in [0.25, 0.3) is 0 Å². The lowest BCUT2D eigenvalue weighted by Crippen LogP contribution is -2.30. The van der Waals surface area contributed by atoms with Gasteiger partial charge in [-0.2, -0.15) is 0 Å². The molecule has 374 valence electrons. The molecular formula is C59H102O6. The van der Waals surface area contributed by atoms with Gasteiger partial charge in [0.2, 0.25) is 0 Å². The zero-order chi connectivity index (χ0) is 47.2. The van der Waals surface area contributed by atoms with Crippen LogP contribution in [0, 0.1) is 0 Å². The van der Waals surface area contributed by atoms with Crippen LogP contribution in [0.3, 0.4) is 0 Å². The molecule has 0 aromatic carbocycles. The lowest BCUT2D eigenvalue weighted by Gasteiger charge is -2.18. The van der Waals surface area contributed by atoms with Crippen LogP contribution in [0.2, 0.25) is 0 Å². The van der Waals surface area contributed by atoms with Gasteiger partial charge in [0.1, 0.15) is 13.2 Å². The Bertz CT molecular complexity index is 1230. The monoisotopic (exact) mass is 907 g/mol. The molecule has 0 amide bonds. The Labute approximate surface area is 402 Å². The maximum Gasteiger partial charge on any atom is 0.306 e. The Kier molecular flexibility index (Phi) is 50.9. The zero-order valence-electron chi connectivity index (χ0n) is 42.7. The van der Waals surface area contributed by atoms with E-state index >= 15 is 0 Å². The number of esters is 3. The fraction of sp³-hybridized carbons (Fsp3) is 0.746. The van der Waals surface area contributed by atoms with Gasteiger partial charge in [0.05, 0.1) is 0 Å². The van der Waals surface area contributed by atoms with E-state index in [1.165, 1.54) is 128 Å². The van der Waals surface area contributed by atoms with Crippen LogP contribution in [0.1, 0.15) is 265 Å². The van der Waals surface area contributed by atoms with E-state index in [2.05, 4.69) is 93.7 Å². The summed E-state index contributed by atoms with van der Waals surface area (Å²) in [6, 6.07) is 0. The fourth-order valence-electron chi connectivity index (χ4n) is 7.58. The van der Waals surface area contributed by atoms with E-state index in [-0.39, 0.29) is 37.5 Å². The second-order valence-electron chi connectivity index (χ2n) is 18.1. The Balaban J connectivity index is 4.40. The Morgan fingerprint density at radius 2 is 0.631 bits per heavy atom. The molecule has 0 aliphatic heterocycles. The van der Waals surface area contributed by atoms with Crippen molar-refractivity contribution in [3.8, 4) is 0 Å². The molecule has 0 aromatic heterocycles. The second-order valence-corrected chi connectivity index (χ2v) is 18.1. The molecule has 0 bridgehead atoms. The van der Waals surface area contributed by atoms with Gasteiger partial charge in [0.25, 0.3) is 0 Å². The molecule has 0 saturated heterocycles. The first kappa shape index (κ1) is 61.9. The molecule has 6 heteroatoms. The third-order valence-corrected chi connectivity index (χ3v) is 11.7. The van der Waals surface area contributed by atoms with Gasteiger partial charge in [0.15, 0.2) is 6.10 Å². The number of allylic oxidation sites excluding steroid dienone is 12. The molecule has 0 spiro atoms. The van der Waals surface area contributed by atoms with Crippen molar-refractivity contribution in [2.75, 3.05) is 13.2 Å².